The molecule has 0 aliphatic carbocycles. The lowest BCUT2D eigenvalue weighted by atomic mass is 10.0. The van der Waals surface area contributed by atoms with Crippen LogP contribution in [-0.2, 0) is 11.2 Å². The molecule has 1 rings (SSSR count). The van der Waals surface area contributed by atoms with Crippen LogP contribution in [0.15, 0.2) is 30.4 Å². The van der Waals surface area contributed by atoms with E-state index >= 15 is 0 Å². The molecule has 0 spiro atoms. The Balaban J connectivity index is 3.01. The van der Waals surface area contributed by atoms with Crippen molar-refractivity contribution >= 4 is 11.8 Å². The maximum Gasteiger partial charge on any atom is 0.328 e. The van der Waals surface area contributed by atoms with Gasteiger partial charge < -0.3 is 9.84 Å². The van der Waals surface area contributed by atoms with Crippen molar-refractivity contribution in [3.8, 4) is 5.75 Å². The predicted octanol–water partition coefficient (Wildman–Crippen LogP) is 2.86. The van der Waals surface area contributed by atoms with E-state index in [9.17, 15) is 9.59 Å². The van der Waals surface area contributed by atoms with Crippen molar-refractivity contribution in [2.24, 2.45) is 0 Å². The van der Waals surface area contributed by atoms with Gasteiger partial charge in [-0.3, -0.25) is 4.79 Å². The molecular formula is C15H18O4. The van der Waals surface area contributed by atoms with E-state index in [4.69, 9.17) is 9.84 Å². The second-order valence-electron chi connectivity index (χ2n) is 4.37. The summed E-state index contributed by atoms with van der Waals surface area (Å²) in [6.07, 6.45) is 2.66. The number of hydrogen-bond donors (Lipinski definition) is 1. The van der Waals surface area contributed by atoms with Crippen molar-refractivity contribution in [2.45, 2.75) is 33.3 Å². The average Bonchev–Trinajstić information content (AvgIpc) is 2.35. The Morgan fingerprint density at radius 2 is 2.00 bits per heavy atom. The van der Waals surface area contributed by atoms with E-state index in [1.54, 1.807) is 12.1 Å². The topological polar surface area (TPSA) is 63.6 Å². The number of benzene rings is 1. The molecule has 0 fully saturated rings. The Labute approximate surface area is 112 Å². The zero-order valence-electron chi connectivity index (χ0n) is 11.3. The van der Waals surface area contributed by atoms with E-state index in [2.05, 4.69) is 0 Å². The summed E-state index contributed by atoms with van der Waals surface area (Å²) in [6.45, 7) is 5.80. The maximum atomic E-state index is 11.9. The zero-order valence-corrected chi connectivity index (χ0v) is 11.3. The lowest BCUT2D eigenvalue weighted by Crippen LogP contribution is -2.07. The highest BCUT2D eigenvalue weighted by atomic mass is 16.5. The van der Waals surface area contributed by atoms with E-state index in [-0.39, 0.29) is 11.9 Å². The van der Waals surface area contributed by atoms with Crippen LogP contribution in [0.2, 0.25) is 0 Å². The monoisotopic (exact) mass is 262 g/mol. The van der Waals surface area contributed by atoms with Crippen LogP contribution in [0.3, 0.4) is 0 Å². The van der Waals surface area contributed by atoms with Gasteiger partial charge in [-0.15, -0.1) is 0 Å². The molecule has 102 valence electrons. The van der Waals surface area contributed by atoms with Crippen LogP contribution in [0.4, 0.5) is 0 Å². The number of aryl methyl sites for hydroxylation is 1. The molecule has 0 heterocycles. The highest BCUT2D eigenvalue weighted by Crippen LogP contribution is 2.20. The average molecular weight is 262 g/mol. The normalized spacial score (nSPS) is 10.9. The lowest BCUT2D eigenvalue weighted by Gasteiger charge is -2.12. The number of ketones is 1. The minimum absolute atomic E-state index is 0.0677. The summed E-state index contributed by atoms with van der Waals surface area (Å²) in [5.74, 6) is -0.730. The molecule has 1 aromatic carbocycles. The van der Waals surface area contributed by atoms with E-state index in [0.717, 1.165) is 17.7 Å². The molecule has 0 bridgehead atoms. The molecule has 1 aromatic rings. The quantitative estimate of drug-likeness (QED) is 0.632. The number of allylic oxidation sites excluding steroid dienone is 1. The van der Waals surface area contributed by atoms with Crippen molar-refractivity contribution in [1.29, 1.82) is 0 Å². The van der Waals surface area contributed by atoms with Crippen molar-refractivity contribution in [3.63, 3.8) is 0 Å². The molecule has 0 unspecified atom stereocenters. The molecule has 0 aliphatic rings. The van der Waals surface area contributed by atoms with Gasteiger partial charge in [-0.2, -0.15) is 0 Å². The molecule has 0 atom stereocenters. The summed E-state index contributed by atoms with van der Waals surface area (Å²) in [5, 5.41) is 8.52. The molecule has 4 nitrogen and oxygen atoms in total. The van der Waals surface area contributed by atoms with E-state index in [0.29, 0.717) is 17.7 Å². The molecule has 0 radical (unpaired) electrons. The van der Waals surface area contributed by atoms with Gasteiger partial charge in [0.15, 0.2) is 5.78 Å². The van der Waals surface area contributed by atoms with Gasteiger partial charge in [0, 0.05) is 11.6 Å². The molecule has 0 aromatic heterocycles. The van der Waals surface area contributed by atoms with E-state index in [1.807, 2.05) is 26.8 Å². The molecule has 0 saturated heterocycles. The molecule has 0 aliphatic heterocycles. The summed E-state index contributed by atoms with van der Waals surface area (Å²) in [7, 11) is 0. The standard InChI is InChI=1S/C15H18O4/c1-4-11-9-12(19-10(2)3)5-6-13(11)14(16)7-8-15(17)18/h5-10H,4H2,1-3H3,(H,17,18)/b8-7+. The fourth-order valence-corrected chi connectivity index (χ4v) is 1.69. The van der Waals surface area contributed by atoms with Crippen molar-refractivity contribution in [1.82, 2.24) is 0 Å². The lowest BCUT2D eigenvalue weighted by molar-refractivity contribution is -0.131. The minimum atomic E-state index is -1.13. The highest BCUT2D eigenvalue weighted by Gasteiger charge is 2.10. The summed E-state index contributed by atoms with van der Waals surface area (Å²) < 4.78 is 5.57. The van der Waals surface area contributed by atoms with Crippen molar-refractivity contribution < 1.29 is 19.4 Å². The van der Waals surface area contributed by atoms with Crippen LogP contribution in [0, 0.1) is 0 Å². The summed E-state index contributed by atoms with van der Waals surface area (Å²) >= 11 is 0. The Morgan fingerprint density at radius 1 is 1.32 bits per heavy atom. The van der Waals surface area contributed by atoms with Gasteiger partial charge in [0.25, 0.3) is 0 Å². The van der Waals surface area contributed by atoms with Crippen molar-refractivity contribution in [2.75, 3.05) is 0 Å². The van der Waals surface area contributed by atoms with Crippen LogP contribution in [-0.4, -0.2) is 23.0 Å². The predicted molar refractivity (Wildman–Crippen MR) is 72.7 cm³/mol. The Morgan fingerprint density at radius 3 is 2.53 bits per heavy atom. The first-order chi connectivity index (χ1) is 8.93. The number of carboxylic acid groups (broad SMARTS) is 1. The highest BCUT2D eigenvalue weighted by molar-refractivity contribution is 6.07. The second kappa shape index (κ2) is 6.73. The van der Waals surface area contributed by atoms with Crippen LogP contribution >= 0.6 is 0 Å². The number of carboxylic acids is 1. The van der Waals surface area contributed by atoms with Crippen LogP contribution in [0.5, 0.6) is 5.75 Å². The minimum Gasteiger partial charge on any atom is -0.491 e. The number of ether oxygens (including phenoxy) is 1. The van der Waals surface area contributed by atoms with E-state index in [1.165, 1.54) is 0 Å². The number of rotatable bonds is 6. The Bertz CT molecular complexity index is 501. The SMILES string of the molecule is CCc1cc(OC(C)C)ccc1C(=O)/C=C/C(=O)O. The van der Waals surface area contributed by atoms with Crippen LogP contribution in [0.1, 0.15) is 36.7 Å². The number of carbonyl (C=O) groups is 2. The molecule has 0 amide bonds. The van der Waals surface area contributed by atoms with Crippen molar-refractivity contribution in [3.05, 3.63) is 41.5 Å². The third-order valence-corrected chi connectivity index (χ3v) is 2.47. The zero-order chi connectivity index (χ0) is 14.4. The fourth-order valence-electron chi connectivity index (χ4n) is 1.69. The van der Waals surface area contributed by atoms with Gasteiger partial charge in [0.05, 0.1) is 6.10 Å². The van der Waals surface area contributed by atoms with Gasteiger partial charge in [0.1, 0.15) is 5.75 Å². The smallest absolute Gasteiger partial charge is 0.328 e. The second-order valence-corrected chi connectivity index (χ2v) is 4.37. The first-order valence-corrected chi connectivity index (χ1v) is 6.19. The first kappa shape index (κ1) is 15.0. The van der Waals surface area contributed by atoms with Gasteiger partial charge in [0.2, 0.25) is 0 Å². The Kier molecular flexibility index (Phi) is 5.30. The molecule has 4 heteroatoms. The van der Waals surface area contributed by atoms with Gasteiger partial charge >= 0.3 is 5.97 Å². The maximum absolute atomic E-state index is 11.9. The number of hydrogen-bond acceptors (Lipinski definition) is 3. The van der Waals surface area contributed by atoms with Gasteiger partial charge in [-0.1, -0.05) is 6.92 Å². The Hall–Kier alpha value is -2.10. The fraction of sp³-hybridized carbons (Fsp3) is 0.333. The number of carbonyl (C=O) groups excluding carboxylic acids is 1. The first-order valence-electron chi connectivity index (χ1n) is 6.19. The summed E-state index contributed by atoms with van der Waals surface area (Å²) in [4.78, 5) is 22.3. The summed E-state index contributed by atoms with van der Waals surface area (Å²) in [5.41, 5.74) is 1.36. The van der Waals surface area contributed by atoms with Gasteiger partial charge in [-0.25, -0.2) is 4.79 Å². The third kappa shape index (κ3) is 4.58. The van der Waals surface area contributed by atoms with Crippen LogP contribution < -0.4 is 4.74 Å². The molecule has 19 heavy (non-hydrogen) atoms. The van der Waals surface area contributed by atoms with Gasteiger partial charge in [-0.05, 0) is 50.1 Å². The van der Waals surface area contributed by atoms with Crippen LogP contribution in [0.25, 0.3) is 0 Å². The summed E-state index contributed by atoms with van der Waals surface area (Å²) in [6, 6.07) is 5.22. The number of aliphatic carboxylic acids is 1. The molecule has 0 saturated carbocycles. The van der Waals surface area contributed by atoms with E-state index < -0.39 is 5.97 Å². The molecule has 1 N–H and O–H groups in total. The molecular weight excluding hydrogens is 244 g/mol. The largest absolute Gasteiger partial charge is 0.491 e. The third-order valence-electron chi connectivity index (χ3n) is 2.47.